The van der Waals surface area contributed by atoms with Crippen LogP contribution in [0.2, 0.25) is 0 Å². The number of benzene rings is 1. The Morgan fingerprint density at radius 1 is 1.32 bits per heavy atom. The van der Waals surface area contributed by atoms with Crippen LogP contribution in [0.3, 0.4) is 0 Å². The van der Waals surface area contributed by atoms with Crippen molar-refractivity contribution < 1.29 is 19.5 Å². The largest absolute Gasteiger partial charge is 0.477 e. The van der Waals surface area contributed by atoms with Gasteiger partial charge in [0.15, 0.2) is 5.71 Å². The number of carboxylic acids is 1. The van der Waals surface area contributed by atoms with E-state index in [0.29, 0.717) is 5.69 Å². The molecule has 0 aromatic heterocycles. The molecule has 0 fully saturated rings. The number of nitrogens with one attached hydrogen (secondary N) is 1. The van der Waals surface area contributed by atoms with Crippen LogP contribution in [0.25, 0.3) is 0 Å². The minimum Gasteiger partial charge on any atom is -0.477 e. The van der Waals surface area contributed by atoms with Gasteiger partial charge in [-0.2, -0.15) is 0 Å². The maximum Gasteiger partial charge on any atom is 0.353 e. The summed E-state index contributed by atoms with van der Waals surface area (Å²) in [6.07, 6.45) is -0.904. The van der Waals surface area contributed by atoms with E-state index in [1.807, 2.05) is 32.0 Å². The van der Waals surface area contributed by atoms with Gasteiger partial charge in [-0.3, -0.25) is 4.79 Å². The fourth-order valence-electron chi connectivity index (χ4n) is 1.91. The number of amides is 1. The van der Waals surface area contributed by atoms with Gasteiger partial charge in [-0.05, 0) is 37.1 Å². The van der Waals surface area contributed by atoms with Crippen LogP contribution in [-0.2, 0) is 14.4 Å². The highest BCUT2D eigenvalue weighted by Gasteiger charge is 2.31. The summed E-state index contributed by atoms with van der Waals surface area (Å²) in [7, 11) is 0. The number of oxime groups is 1. The molecule has 2 rings (SSSR count). The number of carboxylic acid groups (broad SMARTS) is 1. The molecule has 1 amide bonds. The van der Waals surface area contributed by atoms with Crippen LogP contribution in [0.1, 0.15) is 17.5 Å². The van der Waals surface area contributed by atoms with Crippen molar-refractivity contribution in [1.82, 2.24) is 0 Å². The second kappa shape index (κ2) is 5.09. The quantitative estimate of drug-likeness (QED) is 0.863. The average molecular weight is 262 g/mol. The maximum atomic E-state index is 11.9. The summed E-state index contributed by atoms with van der Waals surface area (Å²) in [4.78, 5) is 27.4. The molecule has 6 nitrogen and oxygen atoms in total. The summed E-state index contributed by atoms with van der Waals surface area (Å²) in [5.41, 5.74) is 2.59. The van der Waals surface area contributed by atoms with E-state index in [2.05, 4.69) is 10.5 Å². The number of hydrogen-bond acceptors (Lipinski definition) is 4. The Morgan fingerprint density at radius 3 is 2.47 bits per heavy atom. The SMILES string of the molecule is Cc1cc(C)cc(NC(=O)C2CC(C(=O)O)=NO2)c1. The zero-order valence-electron chi connectivity index (χ0n) is 10.6. The Balaban J connectivity index is 2.01. The molecule has 1 atom stereocenters. The number of carbonyl (C=O) groups is 2. The second-order valence-corrected chi connectivity index (χ2v) is 4.51. The normalized spacial score (nSPS) is 17.6. The van der Waals surface area contributed by atoms with Gasteiger partial charge in [0.2, 0.25) is 6.10 Å². The monoisotopic (exact) mass is 262 g/mol. The number of aliphatic carboxylic acids is 1. The molecule has 0 radical (unpaired) electrons. The van der Waals surface area contributed by atoms with E-state index in [1.165, 1.54) is 0 Å². The molecular formula is C13H14N2O4. The lowest BCUT2D eigenvalue weighted by atomic mass is 10.1. The van der Waals surface area contributed by atoms with E-state index in [0.717, 1.165) is 11.1 Å². The number of rotatable bonds is 3. The van der Waals surface area contributed by atoms with Gasteiger partial charge in [-0.1, -0.05) is 11.2 Å². The zero-order chi connectivity index (χ0) is 14.0. The van der Waals surface area contributed by atoms with Gasteiger partial charge in [0.05, 0.1) is 0 Å². The molecule has 19 heavy (non-hydrogen) atoms. The first-order chi connectivity index (χ1) is 8.95. The van der Waals surface area contributed by atoms with Gasteiger partial charge in [0, 0.05) is 12.1 Å². The van der Waals surface area contributed by atoms with E-state index < -0.39 is 18.0 Å². The number of anilines is 1. The van der Waals surface area contributed by atoms with Gasteiger partial charge in [0.1, 0.15) is 0 Å². The van der Waals surface area contributed by atoms with Gasteiger partial charge in [-0.15, -0.1) is 0 Å². The first-order valence-electron chi connectivity index (χ1n) is 5.81. The summed E-state index contributed by atoms with van der Waals surface area (Å²) in [5, 5.41) is 14.8. The number of aryl methyl sites for hydroxylation is 2. The Labute approximate surface area is 110 Å². The molecule has 0 aliphatic carbocycles. The van der Waals surface area contributed by atoms with Gasteiger partial charge < -0.3 is 15.3 Å². The van der Waals surface area contributed by atoms with Crippen molar-refractivity contribution in [1.29, 1.82) is 0 Å². The zero-order valence-corrected chi connectivity index (χ0v) is 10.6. The Kier molecular flexibility index (Phi) is 3.50. The van der Waals surface area contributed by atoms with Crippen molar-refractivity contribution in [2.24, 2.45) is 5.16 Å². The fourth-order valence-corrected chi connectivity index (χ4v) is 1.91. The summed E-state index contributed by atoms with van der Waals surface area (Å²) in [6.45, 7) is 3.86. The van der Waals surface area contributed by atoms with Crippen molar-refractivity contribution in [3.8, 4) is 0 Å². The van der Waals surface area contributed by atoms with Crippen molar-refractivity contribution >= 4 is 23.3 Å². The predicted octanol–water partition coefficient (Wildman–Crippen LogP) is 1.47. The fraction of sp³-hybridized carbons (Fsp3) is 0.308. The molecule has 100 valence electrons. The molecule has 0 saturated heterocycles. The molecule has 1 heterocycles. The smallest absolute Gasteiger partial charge is 0.353 e. The van der Waals surface area contributed by atoms with Crippen molar-refractivity contribution in [2.45, 2.75) is 26.4 Å². The molecule has 1 aliphatic heterocycles. The summed E-state index contributed by atoms with van der Waals surface area (Å²) >= 11 is 0. The van der Waals surface area contributed by atoms with E-state index >= 15 is 0 Å². The molecule has 6 heteroatoms. The molecule has 1 aromatic carbocycles. The number of carbonyl (C=O) groups excluding carboxylic acids is 1. The lowest BCUT2D eigenvalue weighted by molar-refractivity contribution is -0.129. The third-order valence-corrected chi connectivity index (χ3v) is 2.70. The Morgan fingerprint density at radius 2 is 1.95 bits per heavy atom. The maximum absolute atomic E-state index is 11.9. The molecular weight excluding hydrogens is 248 g/mol. The van der Waals surface area contributed by atoms with Crippen LogP contribution in [0.15, 0.2) is 23.4 Å². The summed E-state index contributed by atoms with van der Waals surface area (Å²) in [6, 6.07) is 5.66. The third kappa shape index (κ3) is 3.09. The van der Waals surface area contributed by atoms with Crippen LogP contribution < -0.4 is 5.32 Å². The minimum absolute atomic E-state index is 0.0219. The number of hydrogen-bond donors (Lipinski definition) is 2. The van der Waals surface area contributed by atoms with E-state index in [4.69, 9.17) is 9.94 Å². The minimum atomic E-state index is -1.17. The van der Waals surface area contributed by atoms with Crippen LogP contribution in [0.4, 0.5) is 5.69 Å². The lowest BCUT2D eigenvalue weighted by Gasteiger charge is -2.10. The highest BCUT2D eigenvalue weighted by atomic mass is 16.6. The highest BCUT2D eigenvalue weighted by molar-refractivity contribution is 6.36. The first-order valence-corrected chi connectivity index (χ1v) is 5.81. The number of nitrogens with zero attached hydrogens (tertiary/aromatic N) is 1. The molecule has 2 N–H and O–H groups in total. The second-order valence-electron chi connectivity index (χ2n) is 4.51. The van der Waals surface area contributed by atoms with Gasteiger partial charge in [-0.25, -0.2) is 4.79 Å². The average Bonchev–Trinajstić information content (AvgIpc) is 2.76. The molecule has 0 bridgehead atoms. The standard InChI is InChI=1S/C13H14N2O4/c1-7-3-8(2)5-9(4-7)14-12(16)11-6-10(13(17)18)15-19-11/h3-5,11H,6H2,1-2H3,(H,14,16)(H,17,18). The van der Waals surface area contributed by atoms with Crippen molar-refractivity contribution in [3.63, 3.8) is 0 Å². The van der Waals surface area contributed by atoms with Crippen molar-refractivity contribution in [3.05, 3.63) is 29.3 Å². The topological polar surface area (TPSA) is 88.0 Å². The van der Waals surface area contributed by atoms with Crippen molar-refractivity contribution in [2.75, 3.05) is 5.32 Å². The van der Waals surface area contributed by atoms with E-state index in [1.54, 1.807) is 0 Å². The lowest BCUT2D eigenvalue weighted by Crippen LogP contribution is -2.29. The molecule has 1 aromatic rings. The Bertz CT molecular complexity index is 546. The highest BCUT2D eigenvalue weighted by Crippen LogP contribution is 2.17. The molecule has 1 aliphatic rings. The third-order valence-electron chi connectivity index (χ3n) is 2.70. The van der Waals surface area contributed by atoms with Crippen LogP contribution >= 0.6 is 0 Å². The van der Waals surface area contributed by atoms with Crippen LogP contribution in [0, 0.1) is 13.8 Å². The molecule has 0 saturated carbocycles. The molecule has 1 unspecified atom stereocenters. The van der Waals surface area contributed by atoms with Crippen LogP contribution in [-0.4, -0.2) is 28.8 Å². The molecule has 0 spiro atoms. The van der Waals surface area contributed by atoms with Gasteiger partial charge >= 0.3 is 5.97 Å². The Hall–Kier alpha value is -2.37. The summed E-state index contributed by atoms with van der Waals surface area (Å²) in [5.74, 6) is -1.56. The van der Waals surface area contributed by atoms with E-state index in [-0.39, 0.29) is 12.1 Å². The predicted molar refractivity (Wildman–Crippen MR) is 69.1 cm³/mol. The van der Waals surface area contributed by atoms with Gasteiger partial charge in [0.25, 0.3) is 5.91 Å². The first kappa shape index (κ1) is 13.1. The van der Waals surface area contributed by atoms with Crippen LogP contribution in [0.5, 0.6) is 0 Å². The summed E-state index contributed by atoms with van der Waals surface area (Å²) < 4.78 is 0. The van der Waals surface area contributed by atoms with E-state index in [9.17, 15) is 9.59 Å².